The van der Waals surface area contributed by atoms with Gasteiger partial charge in [0.15, 0.2) is 0 Å². The van der Waals surface area contributed by atoms with Crippen molar-refractivity contribution in [2.45, 2.75) is 20.4 Å². The van der Waals surface area contributed by atoms with E-state index in [9.17, 15) is 0 Å². The minimum Gasteiger partial charge on any atom is -0.305 e. The van der Waals surface area contributed by atoms with Crippen LogP contribution in [0.1, 0.15) is 16.7 Å². The predicted molar refractivity (Wildman–Crippen MR) is 54.8 cm³/mol. The Morgan fingerprint density at radius 2 is 2.08 bits per heavy atom. The van der Waals surface area contributed by atoms with E-state index < -0.39 is 0 Å². The number of aryl methyl sites for hydroxylation is 1. The van der Waals surface area contributed by atoms with Crippen LogP contribution in [0.4, 0.5) is 0 Å². The number of hydrogen-bond acceptors (Lipinski definition) is 2. The molecule has 0 radical (unpaired) electrons. The highest BCUT2D eigenvalue weighted by Gasteiger charge is 2.01. The summed E-state index contributed by atoms with van der Waals surface area (Å²) < 4.78 is 0. The van der Waals surface area contributed by atoms with Gasteiger partial charge in [0.1, 0.15) is 0 Å². The first-order chi connectivity index (χ1) is 6.15. The van der Waals surface area contributed by atoms with Gasteiger partial charge < -0.3 is 4.84 Å². The lowest BCUT2D eigenvalue weighted by Crippen LogP contribution is -2.10. The smallest absolute Gasteiger partial charge is 0.0572 e. The molecule has 0 amide bonds. The van der Waals surface area contributed by atoms with E-state index in [2.05, 4.69) is 18.5 Å². The number of nitrogens with one attached hydrogen (secondary N) is 1. The Kier molecular flexibility index (Phi) is 3.72. The van der Waals surface area contributed by atoms with Crippen LogP contribution in [0.5, 0.6) is 0 Å². The summed E-state index contributed by atoms with van der Waals surface area (Å²) in [5.41, 5.74) is 6.26. The highest BCUT2D eigenvalue weighted by atomic mass is 35.5. The molecule has 1 N–H and O–H groups in total. The van der Waals surface area contributed by atoms with Gasteiger partial charge in [0.25, 0.3) is 0 Å². The first-order valence-electron chi connectivity index (χ1n) is 4.16. The van der Waals surface area contributed by atoms with E-state index in [1.807, 2.05) is 13.0 Å². The van der Waals surface area contributed by atoms with Crippen molar-refractivity contribution in [2.24, 2.45) is 0 Å². The lowest BCUT2D eigenvalue weighted by molar-refractivity contribution is 0.0867. The number of hydrogen-bond donors (Lipinski definition) is 1. The van der Waals surface area contributed by atoms with Crippen LogP contribution in [0.2, 0.25) is 5.02 Å². The molecule has 0 spiro atoms. The Bertz CT molecular complexity index is 276. The standard InChI is InChI=1S/C10H14ClNO/c1-7-4-9(6-12-13-3)5-10(11)8(7)2/h4-5,12H,6H2,1-3H3. The van der Waals surface area contributed by atoms with Gasteiger partial charge in [0, 0.05) is 11.6 Å². The third-order valence-corrected chi connectivity index (χ3v) is 2.48. The van der Waals surface area contributed by atoms with E-state index >= 15 is 0 Å². The lowest BCUT2D eigenvalue weighted by atomic mass is 10.1. The Morgan fingerprint density at radius 1 is 1.38 bits per heavy atom. The molecule has 1 aromatic carbocycles. The minimum atomic E-state index is 0.678. The summed E-state index contributed by atoms with van der Waals surface area (Å²) in [7, 11) is 1.60. The average molecular weight is 200 g/mol. The first kappa shape index (κ1) is 10.5. The summed E-state index contributed by atoms with van der Waals surface area (Å²) in [5, 5.41) is 0.813. The van der Waals surface area contributed by atoms with Crippen LogP contribution < -0.4 is 5.48 Å². The lowest BCUT2D eigenvalue weighted by Gasteiger charge is -2.07. The summed E-state index contributed by atoms with van der Waals surface area (Å²) in [6.07, 6.45) is 0. The molecule has 0 saturated carbocycles. The molecule has 0 heterocycles. The summed E-state index contributed by atoms with van der Waals surface area (Å²) in [6.45, 7) is 4.75. The fourth-order valence-electron chi connectivity index (χ4n) is 1.14. The second-order valence-electron chi connectivity index (χ2n) is 3.04. The van der Waals surface area contributed by atoms with E-state index in [-0.39, 0.29) is 0 Å². The first-order valence-corrected chi connectivity index (χ1v) is 4.54. The highest BCUT2D eigenvalue weighted by molar-refractivity contribution is 6.31. The molecule has 0 bridgehead atoms. The van der Waals surface area contributed by atoms with Crippen LogP contribution in [0.3, 0.4) is 0 Å². The van der Waals surface area contributed by atoms with E-state index in [1.165, 1.54) is 5.56 Å². The van der Waals surface area contributed by atoms with Crippen LogP contribution in [0.15, 0.2) is 12.1 Å². The largest absolute Gasteiger partial charge is 0.305 e. The third-order valence-electron chi connectivity index (χ3n) is 2.08. The predicted octanol–water partition coefficient (Wildman–Crippen LogP) is 2.61. The van der Waals surface area contributed by atoms with Crippen LogP contribution in [0.25, 0.3) is 0 Å². The van der Waals surface area contributed by atoms with Gasteiger partial charge in [-0.2, -0.15) is 5.48 Å². The molecule has 0 unspecified atom stereocenters. The van der Waals surface area contributed by atoms with Gasteiger partial charge in [-0.15, -0.1) is 0 Å². The van der Waals surface area contributed by atoms with Crippen molar-refractivity contribution in [1.82, 2.24) is 5.48 Å². The van der Waals surface area contributed by atoms with Gasteiger partial charge in [-0.1, -0.05) is 17.7 Å². The van der Waals surface area contributed by atoms with Crippen molar-refractivity contribution >= 4 is 11.6 Å². The van der Waals surface area contributed by atoms with Crippen molar-refractivity contribution in [2.75, 3.05) is 7.11 Å². The topological polar surface area (TPSA) is 21.3 Å². The van der Waals surface area contributed by atoms with Crippen LogP contribution in [0, 0.1) is 13.8 Å². The molecule has 3 heteroatoms. The zero-order chi connectivity index (χ0) is 9.84. The van der Waals surface area contributed by atoms with Crippen LogP contribution in [-0.2, 0) is 11.4 Å². The molecular weight excluding hydrogens is 186 g/mol. The molecule has 13 heavy (non-hydrogen) atoms. The van der Waals surface area contributed by atoms with E-state index in [1.54, 1.807) is 7.11 Å². The normalized spacial score (nSPS) is 10.5. The Balaban J connectivity index is 2.86. The van der Waals surface area contributed by atoms with Gasteiger partial charge in [0.2, 0.25) is 0 Å². The number of halogens is 1. The molecule has 0 aromatic heterocycles. The molecule has 72 valence electrons. The Labute approximate surface area is 83.8 Å². The second kappa shape index (κ2) is 4.61. The highest BCUT2D eigenvalue weighted by Crippen LogP contribution is 2.20. The molecule has 1 aromatic rings. The van der Waals surface area contributed by atoms with Crippen molar-refractivity contribution in [1.29, 1.82) is 0 Å². The third kappa shape index (κ3) is 2.69. The molecule has 1 rings (SSSR count). The van der Waals surface area contributed by atoms with Crippen LogP contribution in [-0.4, -0.2) is 7.11 Å². The molecule has 0 aliphatic carbocycles. The molecule has 0 saturated heterocycles. The average Bonchev–Trinajstić information content (AvgIpc) is 2.10. The molecule has 0 fully saturated rings. The molecule has 0 atom stereocenters. The van der Waals surface area contributed by atoms with Gasteiger partial charge >= 0.3 is 0 Å². The number of benzene rings is 1. The van der Waals surface area contributed by atoms with Gasteiger partial charge in [-0.25, -0.2) is 0 Å². The molecule has 2 nitrogen and oxygen atoms in total. The summed E-state index contributed by atoms with van der Waals surface area (Å²) >= 11 is 6.03. The van der Waals surface area contributed by atoms with Crippen molar-refractivity contribution in [3.05, 3.63) is 33.8 Å². The minimum absolute atomic E-state index is 0.678. The number of rotatable bonds is 3. The SMILES string of the molecule is CONCc1cc(C)c(C)c(Cl)c1. The zero-order valence-electron chi connectivity index (χ0n) is 8.15. The zero-order valence-corrected chi connectivity index (χ0v) is 8.90. The Morgan fingerprint density at radius 3 is 2.62 bits per heavy atom. The molecule has 0 aliphatic heterocycles. The second-order valence-corrected chi connectivity index (χ2v) is 3.45. The van der Waals surface area contributed by atoms with Crippen molar-refractivity contribution < 1.29 is 4.84 Å². The van der Waals surface area contributed by atoms with E-state index in [0.29, 0.717) is 6.54 Å². The molecule has 0 aliphatic rings. The van der Waals surface area contributed by atoms with Gasteiger partial charge in [-0.3, -0.25) is 0 Å². The van der Waals surface area contributed by atoms with E-state index in [0.717, 1.165) is 16.1 Å². The maximum atomic E-state index is 6.03. The fourth-order valence-corrected chi connectivity index (χ4v) is 1.43. The Hall–Kier alpha value is -0.570. The van der Waals surface area contributed by atoms with Gasteiger partial charge in [-0.05, 0) is 36.6 Å². The van der Waals surface area contributed by atoms with E-state index in [4.69, 9.17) is 16.4 Å². The summed E-state index contributed by atoms with van der Waals surface area (Å²) in [6, 6.07) is 4.06. The summed E-state index contributed by atoms with van der Waals surface area (Å²) in [5.74, 6) is 0. The fraction of sp³-hybridized carbons (Fsp3) is 0.400. The maximum Gasteiger partial charge on any atom is 0.0572 e. The summed E-state index contributed by atoms with van der Waals surface area (Å²) in [4.78, 5) is 4.76. The van der Waals surface area contributed by atoms with Crippen LogP contribution >= 0.6 is 11.6 Å². The van der Waals surface area contributed by atoms with Crippen molar-refractivity contribution in [3.63, 3.8) is 0 Å². The quantitative estimate of drug-likeness (QED) is 0.756. The van der Waals surface area contributed by atoms with Gasteiger partial charge in [0.05, 0.1) is 7.11 Å². The monoisotopic (exact) mass is 199 g/mol. The van der Waals surface area contributed by atoms with Crippen molar-refractivity contribution in [3.8, 4) is 0 Å². The number of hydroxylamine groups is 1. The maximum absolute atomic E-state index is 6.03. The molecular formula is C10H14ClNO.